The Hall–Kier alpha value is -4.37. The molecule has 0 spiro atoms. The number of carboxylic acid groups (broad SMARTS) is 1. The molecule has 19 atom stereocenters. The fourth-order valence-electron chi connectivity index (χ4n) is 12.8. The predicted molar refractivity (Wildman–Crippen MR) is 301 cm³/mol. The van der Waals surface area contributed by atoms with Crippen molar-refractivity contribution < 1.29 is 87.4 Å². The number of likely N-dealkylation sites (N-methyl/N-ethyl adjacent to an activating group) is 1. The number of hydrogen-bond acceptors (Lipinski definition) is 20. The van der Waals surface area contributed by atoms with Gasteiger partial charge in [0.15, 0.2) is 18.7 Å². The fourth-order valence-corrected chi connectivity index (χ4v) is 12.8. The zero-order valence-corrected chi connectivity index (χ0v) is 50.7. The van der Waals surface area contributed by atoms with Gasteiger partial charge in [0, 0.05) is 75.2 Å². The first kappa shape index (κ1) is 66.8. The van der Waals surface area contributed by atoms with Crippen LogP contribution in [0.2, 0.25) is 0 Å². The number of aliphatic hydroxyl groups is 4. The van der Waals surface area contributed by atoms with Gasteiger partial charge in [-0.15, -0.1) is 0 Å². The highest BCUT2D eigenvalue weighted by Crippen LogP contribution is 2.42. The van der Waals surface area contributed by atoms with Crippen LogP contribution in [0.4, 0.5) is 4.79 Å². The minimum Gasteiger partial charge on any atom is -0.477 e. The number of benzene rings is 1. The van der Waals surface area contributed by atoms with Crippen molar-refractivity contribution in [2.24, 2.45) is 28.8 Å². The van der Waals surface area contributed by atoms with Crippen LogP contribution in [0, 0.1) is 23.7 Å². The van der Waals surface area contributed by atoms with Crippen LogP contribution in [0.25, 0.3) is 10.9 Å². The van der Waals surface area contributed by atoms with Gasteiger partial charge in [0.25, 0.3) is 0 Å². The molecule has 82 heavy (non-hydrogen) atoms. The molecule has 1 amide bonds. The molecule has 0 saturated carbocycles. The SMILES string of the molecule is CC[C@H]1OC(=O)[C@H](C)[C@@H](O[C@H]2C[C@@](C)(OC)[C@@H](OC(=O)NCCOCCCc3cc4c5c(c3)c(=O)c(C(=O)O)cn5C(C)CC4)[C@H](C)O2)[C@H](C)[C@@H](O[C@H]2O[C@@H](C)C[C@@H](N(C)C)[C@@H]2O)[C@](C)(O)C[C@@H](C)/C(=N\OCOC)[C@H](C)[C@@H](O)[C@]1(C)O. The van der Waals surface area contributed by atoms with Gasteiger partial charge in [-0.05, 0) is 125 Å². The number of oxime groups is 1. The number of aryl methyl sites for hydroxylation is 2. The summed E-state index contributed by atoms with van der Waals surface area (Å²) in [4.78, 5) is 60.6. The number of alkyl carbamates (subject to hydrolysis) is 1. The zero-order chi connectivity index (χ0) is 60.8. The smallest absolute Gasteiger partial charge is 0.407 e. The van der Waals surface area contributed by atoms with Crippen molar-refractivity contribution in [3.05, 3.63) is 45.2 Å². The number of nitrogens with zero attached hydrogens (tertiary/aromatic N) is 3. The van der Waals surface area contributed by atoms with Gasteiger partial charge in [0.1, 0.15) is 29.0 Å². The third-order valence-corrected chi connectivity index (χ3v) is 17.5. The summed E-state index contributed by atoms with van der Waals surface area (Å²) in [6.07, 6.45) is -6.89. The summed E-state index contributed by atoms with van der Waals surface area (Å²) in [5.41, 5.74) is -2.82. The molecule has 1 aromatic heterocycles. The highest BCUT2D eigenvalue weighted by atomic mass is 16.7. The predicted octanol–water partition coefficient (Wildman–Crippen LogP) is 5.10. The standard InChI is InChI=1S/C59H94N4O19/c1-16-43-59(11,72)50(66)34(5)45(61-76-30-73-14)31(2)27-57(9,71)51(81-55-48(65)42(62(12)13)24-33(4)77-55)35(6)49(36(7)54(69)79-43)80-44-28-58(10,74-15)52(37(8)78-44)82-56(70)60-21-23-75-22-17-18-38-25-39-20-19-32(3)63-29-41(53(67)68)47(64)40(26-38)46(39)63/h25-26,29,31-37,42-44,48-52,55,65-66,71-72H,16-24,27-28,30H2,1-15H3,(H,60,70)(H,67,68)/b61-45+/t31-,32?,33+,34+,35+,36-,37+,42-,43-,44+,48+,49+,50-,51-,52+,55-,57-,58-,59-/m1/s1. The molecule has 6 rings (SSSR count). The van der Waals surface area contributed by atoms with Gasteiger partial charge in [-0.1, -0.05) is 38.9 Å². The molecule has 5 heterocycles. The second-order valence-corrected chi connectivity index (χ2v) is 24.3. The highest BCUT2D eigenvalue weighted by molar-refractivity contribution is 5.94. The molecular formula is C59H94N4O19. The van der Waals surface area contributed by atoms with Crippen LogP contribution >= 0.6 is 0 Å². The Balaban J connectivity index is 1.18. The summed E-state index contributed by atoms with van der Waals surface area (Å²) in [5.74, 6) is -5.68. The van der Waals surface area contributed by atoms with E-state index in [9.17, 15) is 44.7 Å². The van der Waals surface area contributed by atoms with Gasteiger partial charge in [-0.3, -0.25) is 9.59 Å². The molecular weight excluding hydrogens is 1070 g/mol. The van der Waals surface area contributed by atoms with E-state index < -0.39 is 119 Å². The van der Waals surface area contributed by atoms with Crippen LogP contribution < -0.4 is 10.7 Å². The van der Waals surface area contributed by atoms with E-state index in [1.54, 1.807) is 61.5 Å². The number of pyridine rings is 1. The average molecular weight is 1160 g/mol. The Bertz CT molecular complexity index is 2580. The Morgan fingerprint density at radius 2 is 1.65 bits per heavy atom. The summed E-state index contributed by atoms with van der Waals surface area (Å²) in [7, 11) is 6.59. The molecule has 4 aliphatic heterocycles. The van der Waals surface area contributed by atoms with Gasteiger partial charge in [-0.25, -0.2) is 9.59 Å². The van der Waals surface area contributed by atoms with Crippen LogP contribution in [0.5, 0.6) is 0 Å². The third-order valence-electron chi connectivity index (χ3n) is 17.5. The minimum absolute atomic E-state index is 0.0162. The van der Waals surface area contributed by atoms with Gasteiger partial charge >= 0.3 is 18.0 Å². The molecule has 4 aliphatic rings. The molecule has 3 saturated heterocycles. The van der Waals surface area contributed by atoms with Crippen molar-refractivity contribution in [1.82, 2.24) is 14.8 Å². The average Bonchev–Trinajstić information content (AvgIpc) is 3.62. The second kappa shape index (κ2) is 28.2. The number of rotatable bonds is 19. The summed E-state index contributed by atoms with van der Waals surface area (Å²) in [6.45, 7) is 19.2. The van der Waals surface area contributed by atoms with Crippen LogP contribution in [-0.2, 0) is 65.1 Å². The first-order valence-electron chi connectivity index (χ1n) is 29.0. The van der Waals surface area contributed by atoms with Crippen molar-refractivity contribution in [3.63, 3.8) is 0 Å². The highest BCUT2D eigenvalue weighted by Gasteiger charge is 2.54. The van der Waals surface area contributed by atoms with Gasteiger partial charge in [0.2, 0.25) is 12.2 Å². The lowest BCUT2D eigenvalue weighted by atomic mass is 9.73. The van der Waals surface area contributed by atoms with Crippen molar-refractivity contribution in [1.29, 1.82) is 0 Å². The van der Waals surface area contributed by atoms with E-state index in [0.717, 1.165) is 29.5 Å². The van der Waals surface area contributed by atoms with E-state index in [-0.39, 0.29) is 68.7 Å². The summed E-state index contributed by atoms with van der Waals surface area (Å²) < 4.78 is 57.6. The maximum Gasteiger partial charge on any atom is 0.407 e. The van der Waals surface area contributed by atoms with E-state index in [2.05, 4.69) is 16.5 Å². The third kappa shape index (κ3) is 15.2. The number of cyclic esters (lactones) is 1. The van der Waals surface area contributed by atoms with Crippen LogP contribution in [-0.4, -0.2) is 198 Å². The van der Waals surface area contributed by atoms with Crippen molar-refractivity contribution in [2.75, 3.05) is 54.9 Å². The van der Waals surface area contributed by atoms with Crippen molar-refractivity contribution in [2.45, 2.75) is 218 Å². The Labute approximate surface area is 482 Å². The molecule has 3 fully saturated rings. The second-order valence-electron chi connectivity index (χ2n) is 24.3. The maximum absolute atomic E-state index is 14.7. The first-order valence-corrected chi connectivity index (χ1v) is 29.0. The molecule has 0 radical (unpaired) electrons. The Kier molecular flexibility index (Phi) is 23.0. The summed E-state index contributed by atoms with van der Waals surface area (Å²) in [6, 6.07) is 3.55. The van der Waals surface area contributed by atoms with E-state index in [0.29, 0.717) is 31.3 Å². The number of carboxylic acids is 1. The number of esters is 1. The molecule has 2 aromatic rings. The normalized spacial score (nSPS) is 37.3. The molecule has 0 bridgehead atoms. The minimum atomic E-state index is -2.02. The number of aromatic carboxylic acids is 1. The maximum atomic E-state index is 14.7. The van der Waals surface area contributed by atoms with E-state index >= 15 is 0 Å². The van der Waals surface area contributed by atoms with E-state index in [4.69, 9.17) is 47.5 Å². The van der Waals surface area contributed by atoms with Crippen LogP contribution in [0.15, 0.2) is 28.3 Å². The number of hydrogen-bond donors (Lipinski definition) is 6. The fraction of sp³-hybridized carbons (Fsp3) is 0.780. The molecule has 6 N–H and O–H groups in total. The lowest BCUT2D eigenvalue weighted by Gasteiger charge is -2.49. The summed E-state index contributed by atoms with van der Waals surface area (Å²) in [5, 5.41) is 66.0. The first-order chi connectivity index (χ1) is 38.5. The largest absolute Gasteiger partial charge is 0.477 e. The summed E-state index contributed by atoms with van der Waals surface area (Å²) >= 11 is 0. The van der Waals surface area contributed by atoms with Gasteiger partial charge < -0.3 is 87.8 Å². The number of carbonyl (C=O) groups excluding carboxylic acids is 2. The molecule has 464 valence electrons. The number of carbonyl (C=O) groups is 3. The quantitative estimate of drug-likeness (QED) is 0.0462. The van der Waals surface area contributed by atoms with Crippen LogP contribution in [0.1, 0.15) is 142 Å². The lowest BCUT2D eigenvalue weighted by molar-refractivity contribution is -0.317. The molecule has 23 heteroatoms. The van der Waals surface area contributed by atoms with Crippen molar-refractivity contribution >= 4 is 34.6 Å². The van der Waals surface area contributed by atoms with Gasteiger partial charge in [-0.2, -0.15) is 0 Å². The number of nitrogens with one attached hydrogen (secondary N) is 1. The van der Waals surface area contributed by atoms with Gasteiger partial charge in [0.05, 0.1) is 59.9 Å². The van der Waals surface area contributed by atoms with Crippen LogP contribution in [0.3, 0.4) is 0 Å². The molecule has 1 unspecified atom stereocenters. The van der Waals surface area contributed by atoms with Crippen molar-refractivity contribution in [3.8, 4) is 0 Å². The topological polar surface area (TPSA) is 294 Å². The number of aromatic nitrogens is 1. The number of methoxy groups -OCH3 is 2. The number of aliphatic hydroxyl groups excluding tert-OH is 2. The zero-order valence-electron chi connectivity index (χ0n) is 50.7. The lowest BCUT2D eigenvalue weighted by Crippen LogP contribution is -2.61. The van der Waals surface area contributed by atoms with E-state index in [1.807, 2.05) is 37.4 Å². The Morgan fingerprint density at radius 1 is 0.939 bits per heavy atom. The van der Waals surface area contributed by atoms with E-state index in [1.165, 1.54) is 27.3 Å². The molecule has 1 aromatic carbocycles. The molecule has 23 nitrogen and oxygen atoms in total. The monoisotopic (exact) mass is 1160 g/mol. The Morgan fingerprint density at radius 3 is 2.29 bits per heavy atom. The number of amides is 1. The number of ether oxygens (including phenoxy) is 9. The molecule has 0 aliphatic carbocycles.